The number of rotatable bonds is 5. The molecule has 0 radical (unpaired) electrons. The fourth-order valence-electron chi connectivity index (χ4n) is 3.30. The van der Waals surface area contributed by atoms with Gasteiger partial charge in [0.15, 0.2) is 0 Å². The molecule has 5 heteroatoms. The SMILES string of the molecule is CCc1nc2ccccc2n1CC(=O)N1CC(C)(CSC)C1. The third-order valence-electron chi connectivity index (χ3n) is 4.33. The number of aryl methyl sites for hydroxylation is 1. The third kappa shape index (κ3) is 2.74. The number of thioether (sulfide) groups is 1. The normalized spacial score (nSPS) is 16.8. The van der Waals surface area contributed by atoms with E-state index < -0.39 is 0 Å². The van der Waals surface area contributed by atoms with Gasteiger partial charge in [0.05, 0.1) is 11.0 Å². The molecule has 0 bridgehead atoms. The second kappa shape index (κ2) is 5.95. The van der Waals surface area contributed by atoms with Gasteiger partial charge in [-0.15, -0.1) is 0 Å². The monoisotopic (exact) mass is 317 g/mol. The van der Waals surface area contributed by atoms with E-state index in [2.05, 4.69) is 29.7 Å². The molecule has 22 heavy (non-hydrogen) atoms. The second-order valence-electron chi connectivity index (χ2n) is 6.45. The summed E-state index contributed by atoms with van der Waals surface area (Å²) in [6, 6.07) is 8.05. The van der Waals surface area contributed by atoms with Crippen molar-refractivity contribution in [3.63, 3.8) is 0 Å². The van der Waals surface area contributed by atoms with E-state index in [1.165, 1.54) is 0 Å². The van der Waals surface area contributed by atoms with Crippen LogP contribution < -0.4 is 0 Å². The molecule has 0 saturated carbocycles. The molecule has 1 aromatic heterocycles. The van der Waals surface area contributed by atoms with Crippen molar-refractivity contribution < 1.29 is 4.79 Å². The van der Waals surface area contributed by atoms with E-state index >= 15 is 0 Å². The van der Waals surface area contributed by atoms with Crippen LogP contribution in [0.4, 0.5) is 0 Å². The minimum Gasteiger partial charge on any atom is -0.340 e. The molecule has 1 saturated heterocycles. The number of benzene rings is 1. The molecule has 1 amide bonds. The van der Waals surface area contributed by atoms with Crippen LogP contribution in [0, 0.1) is 5.41 Å². The van der Waals surface area contributed by atoms with Gasteiger partial charge in [-0.25, -0.2) is 4.98 Å². The van der Waals surface area contributed by atoms with Crippen molar-refractivity contribution in [2.45, 2.75) is 26.8 Å². The Balaban J connectivity index is 1.75. The van der Waals surface area contributed by atoms with E-state index in [4.69, 9.17) is 0 Å². The first-order chi connectivity index (χ1) is 10.6. The molecule has 1 aliphatic heterocycles. The summed E-state index contributed by atoms with van der Waals surface area (Å²) in [7, 11) is 0. The fourth-order valence-corrected chi connectivity index (χ4v) is 4.18. The van der Waals surface area contributed by atoms with Gasteiger partial charge in [0.25, 0.3) is 0 Å². The van der Waals surface area contributed by atoms with E-state index in [0.717, 1.165) is 42.1 Å². The number of carbonyl (C=O) groups is 1. The molecule has 1 aliphatic rings. The number of amides is 1. The van der Waals surface area contributed by atoms with Crippen LogP contribution in [0.15, 0.2) is 24.3 Å². The van der Waals surface area contributed by atoms with Crippen molar-refractivity contribution in [2.75, 3.05) is 25.1 Å². The largest absolute Gasteiger partial charge is 0.340 e. The van der Waals surface area contributed by atoms with Gasteiger partial charge in [-0.3, -0.25) is 4.79 Å². The zero-order chi connectivity index (χ0) is 15.7. The highest BCUT2D eigenvalue weighted by molar-refractivity contribution is 7.98. The lowest BCUT2D eigenvalue weighted by molar-refractivity contribution is -0.141. The molecule has 2 aromatic rings. The fraction of sp³-hybridized carbons (Fsp3) is 0.529. The smallest absolute Gasteiger partial charge is 0.242 e. The van der Waals surface area contributed by atoms with Gasteiger partial charge >= 0.3 is 0 Å². The predicted molar refractivity (Wildman–Crippen MR) is 92.2 cm³/mol. The molecule has 1 aromatic carbocycles. The quantitative estimate of drug-likeness (QED) is 0.851. The van der Waals surface area contributed by atoms with Crippen LogP contribution in [-0.2, 0) is 17.8 Å². The average molecular weight is 317 g/mol. The number of aromatic nitrogens is 2. The Labute approximate surface area is 135 Å². The number of para-hydroxylation sites is 2. The first-order valence-electron chi connectivity index (χ1n) is 7.77. The average Bonchev–Trinajstić information content (AvgIpc) is 2.83. The van der Waals surface area contributed by atoms with Crippen LogP contribution in [0.3, 0.4) is 0 Å². The van der Waals surface area contributed by atoms with Crippen molar-refractivity contribution in [2.24, 2.45) is 5.41 Å². The Morgan fingerprint density at radius 3 is 2.77 bits per heavy atom. The summed E-state index contributed by atoms with van der Waals surface area (Å²) in [4.78, 5) is 19.2. The lowest BCUT2D eigenvalue weighted by Crippen LogP contribution is -2.58. The zero-order valence-corrected chi connectivity index (χ0v) is 14.3. The molecular formula is C17H23N3OS. The maximum absolute atomic E-state index is 12.6. The van der Waals surface area contributed by atoms with Gasteiger partial charge in [0, 0.05) is 30.7 Å². The molecule has 0 N–H and O–H groups in total. The third-order valence-corrected chi connectivity index (χ3v) is 5.32. The number of fused-ring (bicyclic) bond motifs is 1. The van der Waals surface area contributed by atoms with Gasteiger partial charge < -0.3 is 9.47 Å². The summed E-state index contributed by atoms with van der Waals surface area (Å²) in [5.41, 5.74) is 2.32. The van der Waals surface area contributed by atoms with Gasteiger partial charge in [-0.2, -0.15) is 11.8 Å². The maximum Gasteiger partial charge on any atom is 0.242 e. The minimum absolute atomic E-state index is 0.205. The number of hydrogen-bond acceptors (Lipinski definition) is 3. The summed E-state index contributed by atoms with van der Waals surface area (Å²) >= 11 is 1.86. The van der Waals surface area contributed by atoms with Gasteiger partial charge in [-0.05, 0) is 18.4 Å². The Morgan fingerprint density at radius 2 is 2.09 bits per heavy atom. The molecule has 0 atom stereocenters. The van der Waals surface area contributed by atoms with Crippen LogP contribution in [-0.4, -0.2) is 45.5 Å². The number of imidazole rings is 1. The number of hydrogen-bond donors (Lipinski definition) is 0. The van der Waals surface area contributed by atoms with Crippen LogP contribution in [0.5, 0.6) is 0 Å². The molecule has 2 heterocycles. The maximum atomic E-state index is 12.6. The van der Waals surface area contributed by atoms with Crippen molar-refractivity contribution in [3.8, 4) is 0 Å². The highest BCUT2D eigenvalue weighted by Gasteiger charge is 2.40. The summed E-state index contributed by atoms with van der Waals surface area (Å²) < 4.78 is 2.07. The summed E-state index contributed by atoms with van der Waals surface area (Å²) in [6.07, 6.45) is 2.97. The van der Waals surface area contributed by atoms with Crippen molar-refractivity contribution in [1.29, 1.82) is 0 Å². The Morgan fingerprint density at radius 1 is 1.36 bits per heavy atom. The topological polar surface area (TPSA) is 38.1 Å². The number of carbonyl (C=O) groups excluding carboxylic acids is 1. The predicted octanol–water partition coefficient (Wildman–Crippen LogP) is 2.81. The van der Waals surface area contributed by atoms with Crippen LogP contribution in [0.1, 0.15) is 19.7 Å². The standard InChI is InChI=1S/C17H23N3OS/c1-4-15-18-13-7-5-6-8-14(13)20(15)9-16(21)19-10-17(2,11-19)12-22-3/h5-8H,4,9-12H2,1-3H3. The minimum atomic E-state index is 0.205. The molecule has 1 fully saturated rings. The molecular weight excluding hydrogens is 294 g/mol. The van der Waals surface area contributed by atoms with Gasteiger partial charge in [0.2, 0.25) is 5.91 Å². The first kappa shape index (κ1) is 15.4. The lowest BCUT2D eigenvalue weighted by Gasteiger charge is -2.48. The Kier molecular flexibility index (Phi) is 4.17. The van der Waals surface area contributed by atoms with Crippen LogP contribution in [0.2, 0.25) is 0 Å². The second-order valence-corrected chi connectivity index (χ2v) is 7.32. The summed E-state index contributed by atoms with van der Waals surface area (Å²) in [5, 5.41) is 0. The highest BCUT2D eigenvalue weighted by atomic mass is 32.2. The lowest BCUT2D eigenvalue weighted by atomic mass is 9.84. The van der Waals surface area contributed by atoms with Crippen molar-refractivity contribution in [1.82, 2.24) is 14.5 Å². The van der Waals surface area contributed by atoms with Gasteiger partial charge in [-0.1, -0.05) is 26.0 Å². The van der Waals surface area contributed by atoms with Gasteiger partial charge in [0.1, 0.15) is 12.4 Å². The molecule has 0 spiro atoms. The van der Waals surface area contributed by atoms with E-state index in [-0.39, 0.29) is 5.91 Å². The first-order valence-corrected chi connectivity index (χ1v) is 9.16. The Bertz CT molecular complexity index is 688. The molecule has 0 unspecified atom stereocenters. The van der Waals surface area contributed by atoms with Crippen LogP contribution in [0.25, 0.3) is 11.0 Å². The van der Waals surface area contributed by atoms with E-state index in [9.17, 15) is 4.79 Å². The summed E-state index contributed by atoms with van der Waals surface area (Å²) in [6.45, 7) is 6.50. The zero-order valence-electron chi connectivity index (χ0n) is 13.5. The van der Waals surface area contributed by atoms with E-state index in [1.807, 2.05) is 40.9 Å². The van der Waals surface area contributed by atoms with Crippen molar-refractivity contribution in [3.05, 3.63) is 30.1 Å². The number of nitrogens with zero attached hydrogens (tertiary/aromatic N) is 3. The number of likely N-dealkylation sites (tertiary alicyclic amines) is 1. The Hall–Kier alpha value is -1.49. The molecule has 0 aliphatic carbocycles. The van der Waals surface area contributed by atoms with Crippen LogP contribution >= 0.6 is 11.8 Å². The molecule has 3 rings (SSSR count). The molecule has 4 nitrogen and oxygen atoms in total. The van der Waals surface area contributed by atoms with Crippen molar-refractivity contribution >= 4 is 28.7 Å². The summed E-state index contributed by atoms with van der Waals surface area (Å²) in [5.74, 6) is 2.31. The molecule has 118 valence electrons. The highest BCUT2D eigenvalue weighted by Crippen LogP contribution is 2.33. The van der Waals surface area contributed by atoms with E-state index in [0.29, 0.717) is 12.0 Å². The van der Waals surface area contributed by atoms with E-state index in [1.54, 1.807) is 0 Å².